The topological polar surface area (TPSA) is 54.4 Å². The number of rotatable bonds is 4. The van der Waals surface area contributed by atoms with Crippen molar-refractivity contribution in [3.05, 3.63) is 41.3 Å². The second-order valence-corrected chi connectivity index (χ2v) is 15.1. The van der Waals surface area contributed by atoms with E-state index in [-0.39, 0.29) is 20.8 Å². The summed E-state index contributed by atoms with van der Waals surface area (Å²) in [6.07, 6.45) is 0.312. The van der Waals surface area contributed by atoms with E-state index in [0.717, 1.165) is 0 Å². The summed E-state index contributed by atoms with van der Waals surface area (Å²) in [6, 6.07) is 8.19. The van der Waals surface area contributed by atoms with Gasteiger partial charge in [0.25, 0.3) is 0 Å². The molecule has 0 aromatic heterocycles. The molecule has 1 unspecified atom stereocenters. The van der Waals surface area contributed by atoms with E-state index in [4.69, 9.17) is 0 Å². The number of allylic oxidation sites excluding steroid dienone is 1. The van der Waals surface area contributed by atoms with Crippen molar-refractivity contribution in [3.8, 4) is 11.5 Å². The van der Waals surface area contributed by atoms with Crippen LogP contribution >= 0.6 is 0 Å². The molecule has 1 atom stereocenters. The number of hydrogen-bond donors (Lipinski definition) is 1. The third-order valence-corrected chi connectivity index (χ3v) is 11.2. The van der Waals surface area contributed by atoms with Crippen LogP contribution in [0.3, 0.4) is 0 Å². The summed E-state index contributed by atoms with van der Waals surface area (Å²) < 4.78 is 25.9. The van der Waals surface area contributed by atoms with Crippen LogP contribution in [0.1, 0.15) is 34.6 Å². The molecule has 0 saturated heterocycles. The lowest BCUT2D eigenvalue weighted by atomic mass is 10.1. The molecule has 1 N–H and O–H groups in total. The van der Waals surface area contributed by atoms with Gasteiger partial charge >= 0.3 is 0 Å². The summed E-state index contributed by atoms with van der Waals surface area (Å²) >= 11 is 0. The number of sulfone groups is 1. The summed E-state index contributed by atoms with van der Waals surface area (Å²) in [5.74, 6) is 2.73. The predicted octanol–water partition coefficient (Wildman–Crippen LogP) is 4.41. The Kier molecular flexibility index (Phi) is 6.86. The largest absolute Gasteiger partial charge is 0.387 e. The number of benzene rings is 1. The molecule has 0 amide bonds. The molecule has 0 saturated carbocycles. The molecule has 0 fully saturated rings. The lowest BCUT2D eigenvalue weighted by Gasteiger charge is -2.31. The molecule has 138 valence electrons. The minimum absolute atomic E-state index is 0.0279. The predicted molar refractivity (Wildman–Crippen MR) is 108 cm³/mol. The fraction of sp³-hybridized carbons (Fsp3) is 0.500. The molecular formula is C20H30O3SSi. The molecule has 0 heterocycles. The van der Waals surface area contributed by atoms with E-state index in [0.29, 0.717) is 0 Å². The van der Waals surface area contributed by atoms with Crippen LogP contribution in [-0.4, -0.2) is 27.7 Å². The molecule has 0 radical (unpaired) electrons. The minimum Gasteiger partial charge on any atom is -0.387 e. The van der Waals surface area contributed by atoms with Crippen molar-refractivity contribution in [2.45, 2.75) is 63.8 Å². The van der Waals surface area contributed by atoms with Crippen LogP contribution in [0.5, 0.6) is 0 Å². The van der Waals surface area contributed by atoms with Crippen molar-refractivity contribution in [2.75, 3.05) is 0 Å². The van der Waals surface area contributed by atoms with Crippen LogP contribution in [0.15, 0.2) is 46.2 Å². The van der Waals surface area contributed by atoms with Crippen LogP contribution in [0, 0.1) is 17.4 Å². The van der Waals surface area contributed by atoms with Crippen molar-refractivity contribution in [3.63, 3.8) is 0 Å². The summed E-state index contributed by atoms with van der Waals surface area (Å²) in [6.45, 7) is 14.4. The van der Waals surface area contributed by atoms with Gasteiger partial charge in [0, 0.05) is 6.08 Å². The van der Waals surface area contributed by atoms with E-state index in [1.165, 1.54) is 18.2 Å². The lowest BCUT2D eigenvalue weighted by Crippen LogP contribution is -2.35. The Bertz CT molecular complexity index is 774. The molecule has 25 heavy (non-hydrogen) atoms. The zero-order chi connectivity index (χ0) is 19.5. The first-order valence-corrected chi connectivity index (χ1v) is 13.0. The monoisotopic (exact) mass is 378 g/mol. The van der Waals surface area contributed by atoms with Crippen molar-refractivity contribution in [1.82, 2.24) is 0 Å². The van der Waals surface area contributed by atoms with Crippen molar-refractivity contribution < 1.29 is 13.5 Å². The molecule has 0 aliphatic carbocycles. The van der Waals surface area contributed by atoms with E-state index >= 15 is 0 Å². The molecule has 0 bridgehead atoms. The smallest absolute Gasteiger partial charge is 0.205 e. The van der Waals surface area contributed by atoms with Crippen LogP contribution in [-0.2, 0) is 9.84 Å². The Hall–Kier alpha value is -1.35. The first-order valence-electron chi connectivity index (χ1n) is 8.51. The van der Waals surface area contributed by atoms with Gasteiger partial charge in [0.05, 0.1) is 15.9 Å². The van der Waals surface area contributed by atoms with Crippen LogP contribution in [0.25, 0.3) is 0 Å². The second kappa shape index (κ2) is 7.90. The minimum atomic E-state index is -3.77. The Morgan fingerprint density at radius 3 is 2.12 bits per heavy atom. The number of aliphatic hydroxyl groups excluding tert-OH is 1. The van der Waals surface area contributed by atoms with Gasteiger partial charge in [-0.25, -0.2) is 8.42 Å². The van der Waals surface area contributed by atoms with Crippen molar-refractivity contribution in [1.29, 1.82) is 0 Å². The molecule has 0 aliphatic rings. The van der Waals surface area contributed by atoms with Gasteiger partial charge in [-0.2, -0.15) is 0 Å². The number of hydrogen-bond acceptors (Lipinski definition) is 3. The average Bonchev–Trinajstić information content (AvgIpc) is 2.50. The summed E-state index contributed by atoms with van der Waals surface area (Å²) in [7, 11) is -5.63. The fourth-order valence-corrected chi connectivity index (χ4v) is 4.26. The standard InChI is InChI=1S/C20H30O3SSi/c1-16(2)19(21)18(14-11-15-25(6,7)20(3,4)5)24(22,23)17-12-9-8-10-13-17/h8-10,12-14,16,19,21H,1-7H3/b18-14+. The Morgan fingerprint density at radius 2 is 1.68 bits per heavy atom. The van der Waals surface area contributed by atoms with E-state index < -0.39 is 24.0 Å². The first-order chi connectivity index (χ1) is 11.3. The molecule has 0 spiro atoms. The molecule has 5 heteroatoms. The van der Waals surface area contributed by atoms with E-state index in [1.807, 2.05) is 0 Å². The summed E-state index contributed by atoms with van der Waals surface area (Å²) in [4.78, 5) is 0.148. The summed E-state index contributed by atoms with van der Waals surface area (Å²) in [5.41, 5.74) is 3.28. The highest BCUT2D eigenvalue weighted by molar-refractivity contribution is 7.95. The summed E-state index contributed by atoms with van der Waals surface area (Å²) in [5, 5.41) is 10.6. The Balaban J connectivity index is 3.43. The molecule has 1 aromatic rings. The maximum absolute atomic E-state index is 12.9. The van der Waals surface area contributed by atoms with Crippen molar-refractivity contribution in [2.24, 2.45) is 5.92 Å². The normalized spacial score (nSPS) is 14.8. The van der Waals surface area contributed by atoms with E-state index in [9.17, 15) is 13.5 Å². The number of aliphatic hydroxyl groups is 1. The molecule has 1 aromatic carbocycles. The fourth-order valence-electron chi connectivity index (χ4n) is 1.86. The van der Waals surface area contributed by atoms with Crippen molar-refractivity contribution >= 4 is 17.9 Å². The second-order valence-electron chi connectivity index (χ2n) is 8.20. The van der Waals surface area contributed by atoms with Crippen LogP contribution in [0.2, 0.25) is 18.1 Å². The van der Waals surface area contributed by atoms with Gasteiger partial charge in [-0.3, -0.25) is 0 Å². The molecular weight excluding hydrogens is 348 g/mol. The van der Waals surface area contributed by atoms with Gasteiger partial charge in [-0.15, -0.1) is 5.54 Å². The SMILES string of the molecule is CC(C)C(O)/C(=C\C#C[Si](C)(C)C(C)(C)C)S(=O)(=O)c1ccccc1. The van der Waals surface area contributed by atoms with Gasteiger partial charge < -0.3 is 5.11 Å². The van der Waals surface area contributed by atoms with E-state index in [1.54, 1.807) is 32.0 Å². The van der Waals surface area contributed by atoms with Gasteiger partial charge in [0.1, 0.15) is 8.07 Å². The zero-order valence-electron chi connectivity index (χ0n) is 16.3. The maximum Gasteiger partial charge on any atom is 0.205 e. The molecule has 3 nitrogen and oxygen atoms in total. The third kappa shape index (κ3) is 5.31. The third-order valence-electron chi connectivity index (χ3n) is 4.76. The van der Waals surface area contributed by atoms with Gasteiger partial charge in [-0.1, -0.05) is 71.8 Å². The lowest BCUT2D eigenvalue weighted by molar-refractivity contribution is 0.167. The quantitative estimate of drug-likeness (QED) is 0.623. The van der Waals surface area contributed by atoms with Gasteiger partial charge in [0.2, 0.25) is 9.84 Å². The Labute approximate surface area is 154 Å². The Morgan fingerprint density at radius 1 is 1.16 bits per heavy atom. The van der Waals surface area contributed by atoms with Gasteiger partial charge in [-0.05, 0) is 23.1 Å². The molecule has 0 aliphatic heterocycles. The average molecular weight is 379 g/mol. The van der Waals surface area contributed by atoms with Crippen LogP contribution < -0.4 is 0 Å². The van der Waals surface area contributed by atoms with E-state index in [2.05, 4.69) is 45.3 Å². The van der Waals surface area contributed by atoms with Crippen LogP contribution in [0.4, 0.5) is 0 Å². The first kappa shape index (κ1) is 21.7. The zero-order valence-corrected chi connectivity index (χ0v) is 18.1. The highest BCUT2D eigenvalue weighted by Crippen LogP contribution is 2.35. The maximum atomic E-state index is 12.9. The highest BCUT2D eigenvalue weighted by atomic mass is 32.2. The van der Waals surface area contributed by atoms with Gasteiger partial charge in [0.15, 0.2) is 0 Å². The highest BCUT2D eigenvalue weighted by Gasteiger charge is 2.34. The molecule has 1 rings (SSSR count).